The molecule has 1 aromatic rings. The summed E-state index contributed by atoms with van der Waals surface area (Å²) in [5.74, 6) is 0.828. The van der Waals surface area contributed by atoms with Crippen molar-refractivity contribution in [2.24, 2.45) is 5.73 Å². The van der Waals surface area contributed by atoms with Gasteiger partial charge in [0, 0.05) is 11.4 Å². The molecule has 0 radical (unpaired) electrons. The number of carbonyl (C=O) groups excluding carboxylic acids is 1. The van der Waals surface area contributed by atoms with Gasteiger partial charge in [0.1, 0.15) is 0 Å². The van der Waals surface area contributed by atoms with Crippen LogP contribution < -0.4 is 11.1 Å². The third-order valence-corrected chi connectivity index (χ3v) is 2.57. The van der Waals surface area contributed by atoms with E-state index in [4.69, 9.17) is 5.73 Å². The predicted molar refractivity (Wildman–Crippen MR) is 73.2 cm³/mol. The van der Waals surface area contributed by atoms with Gasteiger partial charge in [0.15, 0.2) is 0 Å². The van der Waals surface area contributed by atoms with Gasteiger partial charge in [-0.3, -0.25) is 4.79 Å². The molecule has 1 rings (SSSR count). The van der Waals surface area contributed by atoms with Gasteiger partial charge in [-0.05, 0) is 30.9 Å². The molecule has 16 heavy (non-hydrogen) atoms. The SMILES string of the molecule is CSCc1ccc(NC(=O)[C@H](C)N)cc1.Cl. The molecule has 5 heteroatoms. The summed E-state index contributed by atoms with van der Waals surface area (Å²) in [5.41, 5.74) is 7.49. The van der Waals surface area contributed by atoms with Crippen LogP contribution in [0.4, 0.5) is 5.69 Å². The second kappa shape index (κ2) is 7.54. The maximum absolute atomic E-state index is 11.3. The fourth-order valence-corrected chi connectivity index (χ4v) is 1.63. The molecule has 0 fully saturated rings. The lowest BCUT2D eigenvalue weighted by Crippen LogP contribution is -2.32. The van der Waals surface area contributed by atoms with Crippen molar-refractivity contribution in [2.45, 2.75) is 18.7 Å². The van der Waals surface area contributed by atoms with Crippen molar-refractivity contribution >= 4 is 35.8 Å². The maximum atomic E-state index is 11.3. The van der Waals surface area contributed by atoms with Crippen molar-refractivity contribution in [1.29, 1.82) is 0 Å². The van der Waals surface area contributed by atoms with Gasteiger partial charge in [-0.25, -0.2) is 0 Å². The molecule has 0 heterocycles. The zero-order chi connectivity index (χ0) is 11.3. The third kappa shape index (κ3) is 4.88. The molecule has 0 saturated heterocycles. The fraction of sp³-hybridized carbons (Fsp3) is 0.364. The molecule has 0 saturated carbocycles. The molecule has 0 aromatic heterocycles. The van der Waals surface area contributed by atoms with Crippen molar-refractivity contribution in [2.75, 3.05) is 11.6 Å². The van der Waals surface area contributed by atoms with Gasteiger partial charge < -0.3 is 11.1 Å². The Morgan fingerprint density at radius 1 is 1.44 bits per heavy atom. The number of amides is 1. The first-order valence-electron chi connectivity index (χ1n) is 4.78. The van der Waals surface area contributed by atoms with Crippen LogP contribution in [0.15, 0.2) is 24.3 Å². The van der Waals surface area contributed by atoms with Crippen molar-refractivity contribution in [3.63, 3.8) is 0 Å². The van der Waals surface area contributed by atoms with Gasteiger partial charge in [0.05, 0.1) is 6.04 Å². The normalized spacial score (nSPS) is 11.4. The van der Waals surface area contributed by atoms with E-state index in [9.17, 15) is 4.79 Å². The van der Waals surface area contributed by atoms with Crippen LogP contribution in [0.2, 0.25) is 0 Å². The molecular weight excluding hydrogens is 244 g/mol. The summed E-state index contributed by atoms with van der Waals surface area (Å²) in [5, 5.41) is 2.74. The van der Waals surface area contributed by atoms with E-state index in [1.165, 1.54) is 5.56 Å². The summed E-state index contributed by atoms with van der Waals surface area (Å²) in [6.07, 6.45) is 2.06. The van der Waals surface area contributed by atoms with E-state index in [0.29, 0.717) is 0 Å². The van der Waals surface area contributed by atoms with Crippen LogP contribution in [0.25, 0.3) is 0 Å². The van der Waals surface area contributed by atoms with Crippen molar-refractivity contribution in [3.05, 3.63) is 29.8 Å². The molecule has 1 aromatic carbocycles. The molecule has 3 nitrogen and oxygen atoms in total. The highest BCUT2D eigenvalue weighted by molar-refractivity contribution is 7.97. The molecule has 0 spiro atoms. The first kappa shape index (κ1) is 15.3. The Bertz CT molecular complexity index is 327. The van der Waals surface area contributed by atoms with Gasteiger partial charge in [-0.1, -0.05) is 12.1 Å². The molecule has 90 valence electrons. The van der Waals surface area contributed by atoms with Crippen molar-refractivity contribution in [3.8, 4) is 0 Å². The second-order valence-electron chi connectivity index (χ2n) is 3.41. The Balaban J connectivity index is 0.00000225. The van der Waals surface area contributed by atoms with Crippen LogP contribution in [0, 0.1) is 0 Å². The highest BCUT2D eigenvalue weighted by Gasteiger charge is 2.06. The Morgan fingerprint density at radius 3 is 2.44 bits per heavy atom. The topological polar surface area (TPSA) is 55.1 Å². The molecule has 1 atom stereocenters. The first-order chi connectivity index (χ1) is 7.13. The number of carbonyl (C=O) groups is 1. The van der Waals surface area contributed by atoms with Crippen LogP contribution in [-0.2, 0) is 10.5 Å². The molecule has 0 aliphatic carbocycles. The number of hydrogen-bond donors (Lipinski definition) is 2. The number of anilines is 1. The van der Waals surface area contributed by atoms with E-state index in [-0.39, 0.29) is 18.3 Å². The number of rotatable bonds is 4. The van der Waals surface area contributed by atoms with Crippen LogP contribution in [0.3, 0.4) is 0 Å². The van der Waals surface area contributed by atoms with Gasteiger partial charge >= 0.3 is 0 Å². The standard InChI is InChI=1S/C11H16N2OS.ClH/c1-8(12)11(14)13-10-5-3-9(4-6-10)7-15-2;/h3-6,8H,7,12H2,1-2H3,(H,13,14);1H/t8-;/m0./s1. The predicted octanol–water partition coefficient (Wildman–Crippen LogP) is 2.26. The minimum Gasteiger partial charge on any atom is -0.325 e. The Morgan fingerprint density at radius 2 is 2.00 bits per heavy atom. The number of halogens is 1. The lowest BCUT2D eigenvalue weighted by molar-refractivity contribution is -0.117. The fourth-order valence-electron chi connectivity index (χ4n) is 1.11. The number of nitrogens with one attached hydrogen (secondary N) is 1. The second-order valence-corrected chi connectivity index (χ2v) is 4.27. The minimum atomic E-state index is -0.476. The van der Waals surface area contributed by atoms with Gasteiger partial charge in [-0.2, -0.15) is 11.8 Å². The summed E-state index contributed by atoms with van der Waals surface area (Å²) < 4.78 is 0. The summed E-state index contributed by atoms with van der Waals surface area (Å²) >= 11 is 1.77. The Hall–Kier alpha value is -0.710. The summed E-state index contributed by atoms with van der Waals surface area (Å²) in [7, 11) is 0. The molecule has 0 unspecified atom stereocenters. The monoisotopic (exact) mass is 260 g/mol. The summed E-state index contributed by atoms with van der Waals surface area (Å²) in [4.78, 5) is 11.3. The number of thioether (sulfide) groups is 1. The van der Waals surface area contributed by atoms with Crippen molar-refractivity contribution in [1.82, 2.24) is 0 Å². The average Bonchev–Trinajstić information content (AvgIpc) is 2.21. The lowest BCUT2D eigenvalue weighted by Gasteiger charge is -2.08. The summed E-state index contributed by atoms with van der Waals surface area (Å²) in [6, 6.07) is 7.33. The Kier molecular flexibility index (Phi) is 7.21. The molecule has 0 bridgehead atoms. The van der Waals surface area contributed by atoms with Crippen LogP contribution in [0.1, 0.15) is 12.5 Å². The largest absolute Gasteiger partial charge is 0.325 e. The highest BCUT2D eigenvalue weighted by atomic mass is 35.5. The van der Waals surface area contributed by atoms with E-state index >= 15 is 0 Å². The maximum Gasteiger partial charge on any atom is 0.240 e. The molecule has 0 aliphatic heterocycles. The van der Waals surface area contributed by atoms with E-state index in [2.05, 4.69) is 11.6 Å². The van der Waals surface area contributed by atoms with Crippen LogP contribution >= 0.6 is 24.2 Å². The summed E-state index contributed by atoms with van der Waals surface area (Å²) in [6.45, 7) is 1.66. The number of benzene rings is 1. The van der Waals surface area contributed by atoms with E-state index in [1.807, 2.05) is 24.3 Å². The molecule has 3 N–H and O–H groups in total. The van der Waals surface area contributed by atoms with Crippen LogP contribution in [-0.4, -0.2) is 18.2 Å². The quantitative estimate of drug-likeness (QED) is 0.873. The smallest absolute Gasteiger partial charge is 0.240 e. The van der Waals surface area contributed by atoms with E-state index in [1.54, 1.807) is 18.7 Å². The Labute approximate surface area is 107 Å². The van der Waals surface area contributed by atoms with Gasteiger partial charge in [0.25, 0.3) is 0 Å². The first-order valence-corrected chi connectivity index (χ1v) is 6.17. The van der Waals surface area contributed by atoms with Gasteiger partial charge in [0.2, 0.25) is 5.91 Å². The minimum absolute atomic E-state index is 0. The van der Waals surface area contributed by atoms with E-state index in [0.717, 1.165) is 11.4 Å². The highest BCUT2D eigenvalue weighted by Crippen LogP contribution is 2.13. The zero-order valence-corrected chi connectivity index (χ0v) is 11.0. The zero-order valence-electron chi connectivity index (χ0n) is 9.40. The third-order valence-electron chi connectivity index (χ3n) is 1.95. The molecular formula is C11H17ClN2OS. The van der Waals surface area contributed by atoms with Crippen LogP contribution in [0.5, 0.6) is 0 Å². The molecule has 0 aliphatic rings. The lowest BCUT2D eigenvalue weighted by atomic mass is 10.2. The van der Waals surface area contributed by atoms with E-state index < -0.39 is 6.04 Å². The number of nitrogens with two attached hydrogens (primary N) is 1. The van der Waals surface area contributed by atoms with Gasteiger partial charge in [-0.15, -0.1) is 12.4 Å². The molecule has 1 amide bonds. The number of hydrogen-bond acceptors (Lipinski definition) is 3. The van der Waals surface area contributed by atoms with Crippen molar-refractivity contribution < 1.29 is 4.79 Å². The average molecular weight is 261 g/mol.